The fourth-order valence-corrected chi connectivity index (χ4v) is 1.85. The van der Waals surface area contributed by atoms with Crippen LogP contribution in [0.2, 0.25) is 0 Å². The van der Waals surface area contributed by atoms with Crippen LogP contribution in [0, 0.1) is 0 Å². The Morgan fingerprint density at radius 2 is 2.27 bits per heavy atom. The third kappa shape index (κ3) is 5.92. The number of hydrogen-bond donors (Lipinski definition) is 1. The molecule has 0 aromatic heterocycles. The summed E-state index contributed by atoms with van der Waals surface area (Å²) in [5.41, 5.74) is 1.36. The maximum Gasteiger partial charge on any atom is 0.101 e. The Morgan fingerprint density at radius 1 is 1.40 bits per heavy atom. The van der Waals surface area contributed by atoms with Crippen LogP contribution in [0.3, 0.4) is 0 Å². The molecule has 0 amide bonds. The van der Waals surface area contributed by atoms with Crippen LogP contribution in [0.15, 0.2) is 28.7 Å². The van der Waals surface area contributed by atoms with Gasteiger partial charge in [-0.3, -0.25) is 0 Å². The van der Waals surface area contributed by atoms with Crippen molar-refractivity contribution in [2.75, 3.05) is 19.8 Å². The average molecular weight is 273 g/mol. The fraction of sp³-hybridized carbons (Fsp3) is 0.500. The van der Waals surface area contributed by atoms with E-state index in [9.17, 15) is 0 Å². The fourth-order valence-electron chi connectivity index (χ4n) is 1.41. The van der Waals surface area contributed by atoms with Crippen molar-refractivity contribution >= 4 is 15.9 Å². The van der Waals surface area contributed by atoms with Gasteiger partial charge < -0.3 is 10.1 Å². The first-order chi connectivity index (χ1) is 7.33. The Kier molecular flexibility index (Phi) is 6.64. The predicted octanol–water partition coefficient (Wildman–Crippen LogP) is 1.94. The average Bonchev–Trinajstić information content (AvgIpc) is 2.23. The molecule has 0 unspecified atom stereocenters. The number of halogens is 1. The third-order valence-corrected chi connectivity index (χ3v) is 2.66. The zero-order valence-corrected chi connectivity index (χ0v) is 10.8. The molecule has 0 saturated heterocycles. The molecular formula is C12H19BrNO+. The molecule has 0 radical (unpaired) electrons. The third-order valence-electron chi connectivity index (χ3n) is 2.17. The van der Waals surface area contributed by atoms with Gasteiger partial charge in [0.2, 0.25) is 0 Å². The molecule has 2 nitrogen and oxygen atoms in total. The number of rotatable bonds is 7. The molecule has 0 aliphatic rings. The summed E-state index contributed by atoms with van der Waals surface area (Å²) >= 11 is 3.47. The lowest BCUT2D eigenvalue weighted by Crippen LogP contribution is -2.82. The summed E-state index contributed by atoms with van der Waals surface area (Å²) in [5, 5.41) is 2.32. The van der Waals surface area contributed by atoms with Crippen LogP contribution in [0.1, 0.15) is 18.9 Å². The van der Waals surface area contributed by atoms with Crippen LogP contribution in [0.25, 0.3) is 0 Å². The molecule has 0 aliphatic carbocycles. The van der Waals surface area contributed by atoms with E-state index in [4.69, 9.17) is 4.74 Å². The Morgan fingerprint density at radius 3 is 3.00 bits per heavy atom. The smallest absolute Gasteiger partial charge is 0.101 e. The molecule has 84 valence electrons. The quantitative estimate of drug-likeness (QED) is 0.755. The largest absolute Gasteiger partial charge is 0.382 e. The van der Waals surface area contributed by atoms with Gasteiger partial charge >= 0.3 is 0 Å². The first kappa shape index (κ1) is 12.7. The minimum atomic E-state index is 0.825. The van der Waals surface area contributed by atoms with Gasteiger partial charge in [-0.1, -0.05) is 28.1 Å². The molecule has 0 atom stereocenters. The van der Waals surface area contributed by atoms with Crippen molar-refractivity contribution in [1.82, 2.24) is 0 Å². The van der Waals surface area contributed by atoms with E-state index in [0.717, 1.165) is 37.2 Å². The zero-order valence-electron chi connectivity index (χ0n) is 9.21. The highest BCUT2D eigenvalue weighted by atomic mass is 79.9. The van der Waals surface area contributed by atoms with Gasteiger partial charge in [-0.15, -0.1) is 0 Å². The summed E-state index contributed by atoms with van der Waals surface area (Å²) in [5.74, 6) is 0. The molecule has 1 aromatic rings. The van der Waals surface area contributed by atoms with Crippen LogP contribution in [-0.2, 0) is 11.3 Å². The van der Waals surface area contributed by atoms with Gasteiger partial charge in [-0.25, -0.2) is 0 Å². The normalized spacial score (nSPS) is 10.5. The standard InChI is InChI=1S/C12H18BrNO/c1-2-15-8-4-7-14-10-11-5-3-6-12(13)9-11/h3,5-6,9,14H,2,4,7-8,10H2,1H3/p+1. The van der Waals surface area contributed by atoms with Crippen LogP contribution in [0.5, 0.6) is 0 Å². The number of nitrogens with two attached hydrogens (primary N) is 1. The van der Waals surface area contributed by atoms with Gasteiger partial charge in [0, 0.05) is 23.1 Å². The van der Waals surface area contributed by atoms with Crippen molar-refractivity contribution in [3.8, 4) is 0 Å². The highest BCUT2D eigenvalue weighted by molar-refractivity contribution is 9.10. The van der Waals surface area contributed by atoms with Gasteiger partial charge in [0.25, 0.3) is 0 Å². The van der Waals surface area contributed by atoms with E-state index in [2.05, 4.69) is 45.5 Å². The number of quaternary nitrogens is 1. The van der Waals surface area contributed by atoms with Gasteiger partial charge in [0.05, 0.1) is 13.2 Å². The Balaban J connectivity index is 2.10. The molecule has 15 heavy (non-hydrogen) atoms. The molecule has 1 aromatic carbocycles. The zero-order chi connectivity index (χ0) is 10.9. The van der Waals surface area contributed by atoms with Crippen molar-refractivity contribution in [3.05, 3.63) is 34.3 Å². The maximum atomic E-state index is 5.28. The van der Waals surface area contributed by atoms with E-state index >= 15 is 0 Å². The molecule has 0 spiro atoms. The van der Waals surface area contributed by atoms with Gasteiger partial charge in [-0.2, -0.15) is 0 Å². The van der Waals surface area contributed by atoms with Crippen molar-refractivity contribution in [2.24, 2.45) is 0 Å². The van der Waals surface area contributed by atoms with Crippen LogP contribution in [-0.4, -0.2) is 19.8 Å². The summed E-state index contributed by atoms with van der Waals surface area (Å²) in [7, 11) is 0. The number of benzene rings is 1. The minimum Gasteiger partial charge on any atom is -0.382 e. The van der Waals surface area contributed by atoms with E-state index in [0.29, 0.717) is 0 Å². The lowest BCUT2D eigenvalue weighted by Gasteiger charge is -2.02. The van der Waals surface area contributed by atoms with Crippen molar-refractivity contribution in [2.45, 2.75) is 19.9 Å². The molecule has 0 fully saturated rings. The van der Waals surface area contributed by atoms with Crippen molar-refractivity contribution in [1.29, 1.82) is 0 Å². The number of ether oxygens (including phenoxy) is 1. The Hall–Kier alpha value is -0.380. The first-order valence-electron chi connectivity index (χ1n) is 5.46. The van der Waals surface area contributed by atoms with Crippen LogP contribution in [0.4, 0.5) is 0 Å². The van der Waals surface area contributed by atoms with Crippen LogP contribution >= 0.6 is 15.9 Å². The predicted molar refractivity (Wildman–Crippen MR) is 65.7 cm³/mol. The second-order valence-corrected chi connectivity index (χ2v) is 4.38. The molecule has 2 N–H and O–H groups in total. The highest BCUT2D eigenvalue weighted by Gasteiger charge is 1.96. The summed E-state index contributed by atoms with van der Waals surface area (Å²) in [6, 6.07) is 8.45. The summed E-state index contributed by atoms with van der Waals surface area (Å²) in [6.07, 6.45) is 1.13. The molecule has 1 rings (SSSR count). The van der Waals surface area contributed by atoms with E-state index in [-0.39, 0.29) is 0 Å². The highest BCUT2D eigenvalue weighted by Crippen LogP contribution is 2.10. The molecule has 0 aliphatic heterocycles. The summed E-state index contributed by atoms with van der Waals surface area (Å²) in [4.78, 5) is 0. The van der Waals surface area contributed by atoms with Crippen LogP contribution < -0.4 is 5.32 Å². The molecule has 0 bridgehead atoms. The SMILES string of the molecule is CCOCCC[NH2+]Cc1cccc(Br)c1. The van der Waals surface area contributed by atoms with E-state index < -0.39 is 0 Å². The lowest BCUT2D eigenvalue weighted by molar-refractivity contribution is -0.671. The minimum absolute atomic E-state index is 0.825. The lowest BCUT2D eigenvalue weighted by atomic mass is 10.2. The summed E-state index contributed by atoms with van der Waals surface area (Å²) in [6.45, 7) is 5.92. The van der Waals surface area contributed by atoms with E-state index in [1.807, 2.05) is 6.92 Å². The second kappa shape index (κ2) is 7.85. The van der Waals surface area contributed by atoms with Crippen molar-refractivity contribution < 1.29 is 10.1 Å². The van der Waals surface area contributed by atoms with Gasteiger partial charge in [-0.05, 0) is 19.1 Å². The van der Waals surface area contributed by atoms with E-state index in [1.165, 1.54) is 5.56 Å². The van der Waals surface area contributed by atoms with Gasteiger partial charge in [0.15, 0.2) is 0 Å². The molecular weight excluding hydrogens is 254 g/mol. The molecule has 0 heterocycles. The second-order valence-electron chi connectivity index (χ2n) is 3.46. The van der Waals surface area contributed by atoms with Crippen molar-refractivity contribution in [3.63, 3.8) is 0 Å². The number of hydrogen-bond acceptors (Lipinski definition) is 1. The monoisotopic (exact) mass is 272 g/mol. The van der Waals surface area contributed by atoms with Gasteiger partial charge in [0.1, 0.15) is 6.54 Å². The molecule has 0 saturated carbocycles. The van der Waals surface area contributed by atoms with E-state index in [1.54, 1.807) is 0 Å². The summed E-state index contributed by atoms with van der Waals surface area (Å²) < 4.78 is 6.43. The Labute approximate surface area is 100 Å². The topological polar surface area (TPSA) is 25.8 Å². The maximum absolute atomic E-state index is 5.28. The first-order valence-corrected chi connectivity index (χ1v) is 6.26. The Bertz CT molecular complexity index is 278. The molecule has 3 heteroatoms.